The SMILES string of the molecule is COc1ccc(Cl)cc1-c1noc(CCn2ncc(I)c2C)n1. The third-order valence-corrected chi connectivity index (χ3v) is 4.75. The molecule has 23 heavy (non-hydrogen) atoms. The Bertz CT molecular complexity index is 831. The predicted octanol–water partition coefficient (Wildman–Crippen LogP) is 3.75. The zero-order valence-corrected chi connectivity index (χ0v) is 15.5. The zero-order valence-electron chi connectivity index (χ0n) is 12.6. The van der Waals surface area contributed by atoms with Gasteiger partial charge in [0.2, 0.25) is 11.7 Å². The number of halogens is 2. The van der Waals surface area contributed by atoms with Crippen molar-refractivity contribution in [1.82, 2.24) is 19.9 Å². The lowest BCUT2D eigenvalue weighted by molar-refractivity contribution is 0.368. The molecule has 1 aromatic carbocycles. The van der Waals surface area contributed by atoms with Crippen molar-refractivity contribution < 1.29 is 9.26 Å². The molecule has 0 bridgehead atoms. The standard InChI is InChI=1S/C15H14ClIN4O2/c1-9-12(17)8-18-21(9)6-5-14-19-15(20-23-14)11-7-10(16)3-4-13(11)22-2/h3-4,7-8H,5-6H2,1-2H3. The van der Waals surface area contributed by atoms with Crippen molar-refractivity contribution in [1.29, 1.82) is 0 Å². The third-order valence-electron chi connectivity index (χ3n) is 3.45. The van der Waals surface area contributed by atoms with Gasteiger partial charge in [-0.2, -0.15) is 10.1 Å². The summed E-state index contributed by atoms with van der Waals surface area (Å²) in [5, 5.41) is 8.93. The second kappa shape index (κ2) is 6.88. The second-order valence-electron chi connectivity index (χ2n) is 4.91. The maximum Gasteiger partial charge on any atom is 0.228 e. The molecule has 0 spiro atoms. The van der Waals surface area contributed by atoms with Gasteiger partial charge in [-0.1, -0.05) is 16.8 Å². The van der Waals surface area contributed by atoms with Gasteiger partial charge in [-0.3, -0.25) is 4.68 Å². The van der Waals surface area contributed by atoms with Gasteiger partial charge in [0.05, 0.1) is 29.0 Å². The Morgan fingerprint density at radius 1 is 1.39 bits per heavy atom. The Hall–Kier alpha value is -1.61. The van der Waals surface area contributed by atoms with Gasteiger partial charge in [-0.15, -0.1) is 0 Å². The summed E-state index contributed by atoms with van der Waals surface area (Å²) >= 11 is 8.30. The number of aryl methyl sites for hydroxylation is 2. The fraction of sp³-hybridized carbons (Fsp3) is 0.267. The number of ether oxygens (including phenoxy) is 1. The smallest absolute Gasteiger partial charge is 0.228 e. The molecule has 0 amide bonds. The van der Waals surface area contributed by atoms with Gasteiger partial charge in [0.1, 0.15) is 5.75 Å². The van der Waals surface area contributed by atoms with Crippen molar-refractivity contribution in [2.24, 2.45) is 0 Å². The van der Waals surface area contributed by atoms with E-state index in [1.807, 2.05) is 17.8 Å². The molecule has 120 valence electrons. The largest absolute Gasteiger partial charge is 0.496 e. The fourth-order valence-electron chi connectivity index (χ4n) is 2.17. The number of rotatable bonds is 5. The van der Waals surface area contributed by atoms with Crippen LogP contribution >= 0.6 is 34.2 Å². The van der Waals surface area contributed by atoms with Crippen molar-refractivity contribution in [2.45, 2.75) is 19.9 Å². The van der Waals surface area contributed by atoms with Crippen LogP contribution in [0.3, 0.4) is 0 Å². The van der Waals surface area contributed by atoms with Crippen LogP contribution in [0.1, 0.15) is 11.6 Å². The maximum absolute atomic E-state index is 6.04. The topological polar surface area (TPSA) is 66.0 Å². The Balaban J connectivity index is 1.78. The van der Waals surface area contributed by atoms with E-state index >= 15 is 0 Å². The van der Waals surface area contributed by atoms with Crippen LogP contribution in [0.4, 0.5) is 0 Å². The minimum Gasteiger partial charge on any atom is -0.496 e. The number of aromatic nitrogens is 4. The molecular weight excluding hydrogens is 431 g/mol. The summed E-state index contributed by atoms with van der Waals surface area (Å²) in [7, 11) is 1.59. The van der Waals surface area contributed by atoms with Crippen molar-refractivity contribution in [2.75, 3.05) is 7.11 Å². The van der Waals surface area contributed by atoms with Crippen molar-refractivity contribution in [3.63, 3.8) is 0 Å². The summed E-state index contributed by atoms with van der Waals surface area (Å²) in [6.45, 7) is 2.72. The van der Waals surface area contributed by atoms with E-state index in [2.05, 4.69) is 37.8 Å². The van der Waals surface area contributed by atoms with E-state index in [0.717, 1.165) is 9.26 Å². The summed E-state index contributed by atoms with van der Waals surface area (Å²) in [5.41, 5.74) is 1.83. The number of hydrogen-bond donors (Lipinski definition) is 0. The molecule has 0 aliphatic rings. The zero-order chi connectivity index (χ0) is 16.4. The van der Waals surface area contributed by atoms with Crippen LogP contribution in [0, 0.1) is 10.5 Å². The average molecular weight is 445 g/mol. The van der Waals surface area contributed by atoms with E-state index in [-0.39, 0.29) is 0 Å². The lowest BCUT2D eigenvalue weighted by atomic mass is 10.2. The molecule has 0 aliphatic carbocycles. The molecule has 0 N–H and O–H groups in total. The van der Waals surface area contributed by atoms with E-state index in [4.69, 9.17) is 20.9 Å². The highest BCUT2D eigenvalue weighted by Crippen LogP contribution is 2.30. The second-order valence-corrected chi connectivity index (χ2v) is 6.51. The number of nitrogens with zero attached hydrogens (tertiary/aromatic N) is 4. The quantitative estimate of drug-likeness (QED) is 0.561. The van der Waals surface area contributed by atoms with Crippen molar-refractivity contribution in [3.05, 3.63) is 44.6 Å². The Labute approximate surface area is 151 Å². The molecule has 2 aromatic heterocycles. The molecule has 0 radical (unpaired) electrons. The van der Waals surface area contributed by atoms with E-state index < -0.39 is 0 Å². The van der Waals surface area contributed by atoms with Crippen molar-refractivity contribution >= 4 is 34.2 Å². The van der Waals surface area contributed by atoms with Crippen LogP contribution in [0.25, 0.3) is 11.4 Å². The number of hydrogen-bond acceptors (Lipinski definition) is 5. The first kappa shape index (κ1) is 16.3. The first-order valence-corrected chi connectivity index (χ1v) is 8.38. The molecule has 2 heterocycles. The van der Waals surface area contributed by atoms with Gasteiger partial charge in [0, 0.05) is 17.1 Å². The lowest BCUT2D eigenvalue weighted by Gasteiger charge is -2.04. The van der Waals surface area contributed by atoms with Crippen LogP contribution < -0.4 is 4.74 Å². The normalized spacial score (nSPS) is 11.0. The highest BCUT2D eigenvalue weighted by Gasteiger charge is 2.14. The van der Waals surface area contributed by atoms with Gasteiger partial charge in [-0.05, 0) is 47.7 Å². The van der Waals surface area contributed by atoms with Crippen LogP contribution in [0.2, 0.25) is 5.02 Å². The van der Waals surface area contributed by atoms with Crippen LogP contribution in [0.15, 0.2) is 28.9 Å². The molecule has 0 atom stereocenters. The van der Waals surface area contributed by atoms with Gasteiger partial charge in [0.25, 0.3) is 0 Å². The summed E-state index contributed by atoms with van der Waals surface area (Å²) in [6, 6.07) is 5.30. The Kier molecular flexibility index (Phi) is 4.86. The molecule has 0 saturated heterocycles. The van der Waals surface area contributed by atoms with E-state index in [1.54, 1.807) is 25.3 Å². The molecule has 0 aliphatic heterocycles. The minimum atomic E-state index is 0.464. The summed E-state index contributed by atoms with van der Waals surface area (Å²) in [4.78, 5) is 4.42. The predicted molar refractivity (Wildman–Crippen MR) is 94.7 cm³/mol. The van der Waals surface area contributed by atoms with Crippen LogP contribution in [-0.2, 0) is 13.0 Å². The van der Waals surface area contributed by atoms with Crippen molar-refractivity contribution in [3.8, 4) is 17.1 Å². The van der Waals surface area contributed by atoms with E-state index in [1.165, 1.54) is 0 Å². The van der Waals surface area contributed by atoms with Gasteiger partial charge in [0.15, 0.2) is 0 Å². The number of methoxy groups -OCH3 is 1. The maximum atomic E-state index is 6.04. The summed E-state index contributed by atoms with van der Waals surface area (Å²) in [6.07, 6.45) is 2.44. The lowest BCUT2D eigenvalue weighted by Crippen LogP contribution is -2.05. The first-order chi connectivity index (χ1) is 11.1. The van der Waals surface area contributed by atoms with Gasteiger partial charge >= 0.3 is 0 Å². The first-order valence-electron chi connectivity index (χ1n) is 6.93. The van der Waals surface area contributed by atoms with Crippen LogP contribution in [0.5, 0.6) is 5.75 Å². The summed E-state index contributed by atoms with van der Waals surface area (Å²) < 4.78 is 13.7. The monoisotopic (exact) mass is 444 g/mol. The summed E-state index contributed by atoms with van der Waals surface area (Å²) in [5.74, 6) is 1.66. The molecule has 0 fully saturated rings. The highest BCUT2D eigenvalue weighted by molar-refractivity contribution is 14.1. The minimum absolute atomic E-state index is 0.464. The van der Waals surface area contributed by atoms with E-state index in [9.17, 15) is 0 Å². The van der Waals surface area contributed by atoms with Crippen LogP contribution in [-0.4, -0.2) is 27.0 Å². The molecule has 0 saturated carbocycles. The average Bonchev–Trinajstić information content (AvgIpc) is 3.14. The highest BCUT2D eigenvalue weighted by atomic mass is 127. The van der Waals surface area contributed by atoms with Gasteiger partial charge < -0.3 is 9.26 Å². The fourth-order valence-corrected chi connectivity index (χ4v) is 2.75. The molecule has 3 rings (SSSR count). The Morgan fingerprint density at radius 2 is 2.22 bits per heavy atom. The van der Waals surface area contributed by atoms with E-state index in [0.29, 0.717) is 41.0 Å². The Morgan fingerprint density at radius 3 is 2.91 bits per heavy atom. The molecule has 6 nitrogen and oxygen atoms in total. The number of benzene rings is 1. The molecular formula is C15H14ClIN4O2. The molecule has 0 unspecified atom stereocenters. The third kappa shape index (κ3) is 3.50. The van der Waals surface area contributed by atoms with Gasteiger partial charge in [-0.25, -0.2) is 0 Å². The molecule has 3 aromatic rings. The molecule has 8 heteroatoms.